The lowest BCUT2D eigenvalue weighted by atomic mass is 9.78. The number of hydrogen-bond donors (Lipinski definition) is 3. The van der Waals surface area contributed by atoms with Crippen molar-refractivity contribution in [3.8, 4) is 17.2 Å². The highest BCUT2D eigenvalue weighted by molar-refractivity contribution is 6.16. The van der Waals surface area contributed by atoms with Crippen molar-refractivity contribution in [3.63, 3.8) is 0 Å². The SMILES string of the molecule is COc1cccc(C(=O)c2c(O)c3c(c(O)c2C=O)CCC(C(=O)CO)C3)c1C. The van der Waals surface area contributed by atoms with Gasteiger partial charge in [0.05, 0.1) is 18.2 Å². The van der Waals surface area contributed by atoms with E-state index < -0.39 is 24.1 Å². The van der Waals surface area contributed by atoms with Crippen LogP contribution >= 0.6 is 0 Å². The van der Waals surface area contributed by atoms with Gasteiger partial charge in [-0.15, -0.1) is 0 Å². The van der Waals surface area contributed by atoms with E-state index in [-0.39, 0.29) is 46.6 Å². The van der Waals surface area contributed by atoms with E-state index in [0.717, 1.165) is 0 Å². The Hall–Kier alpha value is -3.19. The minimum absolute atomic E-state index is 0.0740. The first-order valence-electron chi connectivity index (χ1n) is 9.22. The van der Waals surface area contributed by atoms with Crippen LogP contribution in [0, 0.1) is 12.8 Å². The third-order valence-corrected chi connectivity index (χ3v) is 5.60. The highest BCUT2D eigenvalue weighted by Gasteiger charge is 2.34. The Morgan fingerprint density at radius 1 is 1.21 bits per heavy atom. The van der Waals surface area contributed by atoms with Gasteiger partial charge < -0.3 is 20.1 Å². The van der Waals surface area contributed by atoms with E-state index in [1.165, 1.54) is 7.11 Å². The molecule has 0 amide bonds. The van der Waals surface area contributed by atoms with Gasteiger partial charge >= 0.3 is 0 Å². The van der Waals surface area contributed by atoms with Gasteiger partial charge in [-0.1, -0.05) is 12.1 Å². The number of aldehydes is 1. The molecular formula is C22H22O7. The average Bonchev–Trinajstić information content (AvgIpc) is 2.74. The zero-order chi connectivity index (χ0) is 21.3. The zero-order valence-corrected chi connectivity index (χ0v) is 16.2. The lowest BCUT2D eigenvalue weighted by molar-refractivity contribution is -0.125. The third-order valence-electron chi connectivity index (χ3n) is 5.60. The molecule has 0 saturated heterocycles. The molecule has 0 bridgehead atoms. The predicted molar refractivity (Wildman–Crippen MR) is 104 cm³/mol. The maximum absolute atomic E-state index is 13.3. The highest BCUT2D eigenvalue weighted by atomic mass is 16.5. The summed E-state index contributed by atoms with van der Waals surface area (Å²) in [6.07, 6.45) is 1.05. The largest absolute Gasteiger partial charge is 0.507 e. The van der Waals surface area contributed by atoms with E-state index in [1.807, 2.05) is 0 Å². The van der Waals surface area contributed by atoms with E-state index >= 15 is 0 Å². The first kappa shape index (κ1) is 20.5. The quantitative estimate of drug-likeness (QED) is 0.387. The van der Waals surface area contributed by atoms with Gasteiger partial charge in [-0.2, -0.15) is 0 Å². The number of phenols is 2. The Bertz CT molecular complexity index is 1010. The Labute approximate surface area is 167 Å². The number of carbonyl (C=O) groups excluding carboxylic acids is 3. The van der Waals surface area contributed by atoms with Crippen molar-refractivity contribution >= 4 is 17.9 Å². The van der Waals surface area contributed by atoms with Gasteiger partial charge in [-0.3, -0.25) is 14.4 Å². The van der Waals surface area contributed by atoms with Gasteiger partial charge in [-0.25, -0.2) is 0 Å². The van der Waals surface area contributed by atoms with Crippen molar-refractivity contribution in [1.82, 2.24) is 0 Å². The monoisotopic (exact) mass is 398 g/mol. The van der Waals surface area contributed by atoms with Crippen LogP contribution in [0.25, 0.3) is 0 Å². The molecule has 3 rings (SSSR count). The minimum Gasteiger partial charge on any atom is -0.507 e. The molecule has 0 spiro atoms. The molecule has 1 unspecified atom stereocenters. The molecule has 0 heterocycles. The normalized spacial score (nSPS) is 15.5. The Morgan fingerprint density at radius 3 is 2.55 bits per heavy atom. The Balaban J connectivity index is 2.20. The molecule has 1 atom stereocenters. The molecule has 0 aromatic heterocycles. The standard InChI is InChI=1S/C22H22O7/c1-11-13(4-3-5-18(11)29-2)21(27)19-16(9-23)20(26)14-7-6-12(17(25)10-24)8-15(14)22(19)28/h3-5,9,12,24,26,28H,6-8,10H2,1-2H3. The van der Waals surface area contributed by atoms with E-state index in [0.29, 0.717) is 29.6 Å². The second-order valence-corrected chi connectivity index (χ2v) is 7.09. The fourth-order valence-corrected chi connectivity index (χ4v) is 3.97. The summed E-state index contributed by atoms with van der Waals surface area (Å²) in [6, 6.07) is 4.84. The van der Waals surface area contributed by atoms with E-state index in [9.17, 15) is 24.6 Å². The van der Waals surface area contributed by atoms with Gasteiger partial charge in [0.2, 0.25) is 0 Å². The molecule has 2 aromatic carbocycles. The summed E-state index contributed by atoms with van der Waals surface area (Å²) in [5.41, 5.74) is 0.786. The topological polar surface area (TPSA) is 121 Å². The van der Waals surface area contributed by atoms with Gasteiger partial charge in [0.1, 0.15) is 23.9 Å². The lowest BCUT2D eigenvalue weighted by Gasteiger charge is -2.26. The van der Waals surface area contributed by atoms with E-state index in [2.05, 4.69) is 0 Å². The summed E-state index contributed by atoms with van der Waals surface area (Å²) in [7, 11) is 1.47. The number of fused-ring (bicyclic) bond motifs is 1. The molecule has 2 aromatic rings. The van der Waals surface area contributed by atoms with Crippen LogP contribution in [0.1, 0.15) is 49.4 Å². The molecule has 3 N–H and O–H groups in total. The second-order valence-electron chi connectivity index (χ2n) is 7.09. The fourth-order valence-electron chi connectivity index (χ4n) is 3.97. The summed E-state index contributed by atoms with van der Waals surface area (Å²) in [5, 5.41) is 30.7. The smallest absolute Gasteiger partial charge is 0.198 e. The molecule has 0 fully saturated rings. The Morgan fingerprint density at radius 2 is 1.93 bits per heavy atom. The number of Topliss-reactive ketones (excluding diaryl/α,β-unsaturated/α-hetero) is 1. The maximum Gasteiger partial charge on any atom is 0.198 e. The van der Waals surface area contributed by atoms with Crippen molar-refractivity contribution in [2.45, 2.75) is 26.2 Å². The predicted octanol–water partition coefficient (Wildman–Crippen LogP) is 2.12. The molecule has 7 nitrogen and oxygen atoms in total. The number of ether oxygens (including phenoxy) is 1. The lowest BCUT2D eigenvalue weighted by Crippen LogP contribution is -2.26. The van der Waals surface area contributed by atoms with Gasteiger partial charge in [0.15, 0.2) is 17.9 Å². The second kappa shape index (κ2) is 8.05. The molecule has 29 heavy (non-hydrogen) atoms. The Kier molecular flexibility index (Phi) is 5.70. The van der Waals surface area contributed by atoms with Crippen LogP contribution in [-0.2, 0) is 17.6 Å². The maximum atomic E-state index is 13.3. The van der Waals surface area contributed by atoms with E-state index in [1.54, 1.807) is 25.1 Å². The molecule has 7 heteroatoms. The summed E-state index contributed by atoms with van der Waals surface area (Å²) in [4.78, 5) is 36.9. The van der Waals surface area contributed by atoms with Crippen molar-refractivity contribution in [2.24, 2.45) is 5.92 Å². The highest BCUT2D eigenvalue weighted by Crippen LogP contribution is 2.43. The van der Waals surface area contributed by atoms with Crippen LogP contribution in [0.4, 0.5) is 0 Å². The number of ketones is 2. The number of methoxy groups -OCH3 is 1. The van der Waals surface area contributed by atoms with Crippen LogP contribution < -0.4 is 4.74 Å². The number of rotatable bonds is 6. The van der Waals surface area contributed by atoms with Crippen LogP contribution in [0.15, 0.2) is 18.2 Å². The average molecular weight is 398 g/mol. The van der Waals surface area contributed by atoms with Gasteiger partial charge in [-0.05, 0) is 32.3 Å². The van der Waals surface area contributed by atoms with Crippen molar-refractivity contribution in [2.75, 3.05) is 13.7 Å². The van der Waals surface area contributed by atoms with Crippen LogP contribution in [-0.4, -0.2) is 46.9 Å². The van der Waals surface area contributed by atoms with Gasteiger partial charge in [0, 0.05) is 28.2 Å². The number of hydrogen-bond acceptors (Lipinski definition) is 7. The number of phenolic OH excluding ortho intramolecular Hbond substituents is 2. The summed E-state index contributed by atoms with van der Waals surface area (Å²) in [5.74, 6) is -1.82. The first-order valence-corrected chi connectivity index (χ1v) is 9.22. The summed E-state index contributed by atoms with van der Waals surface area (Å²) in [6.45, 7) is 1.06. The van der Waals surface area contributed by atoms with Gasteiger partial charge in [0.25, 0.3) is 0 Å². The number of aliphatic hydroxyl groups is 1. The minimum atomic E-state index is -0.630. The molecule has 0 saturated carbocycles. The van der Waals surface area contributed by atoms with Crippen LogP contribution in [0.5, 0.6) is 17.2 Å². The number of carbonyl (C=O) groups is 3. The summed E-state index contributed by atoms with van der Waals surface area (Å²) >= 11 is 0. The number of benzene rings is 2. The molecule has 0 aliphatic heterocycles. The molecule has 0 radical (unpaired) electrons. The number of aliphatic hydroxyl groups excluding tert-OH is 1. The number of aromatic hydroxyl groups is 2. The van der Waals surface area contributed by atoms with Crippen molar-refractivity contribution < 1.29 is 34.4 Å². The van der Waals surface area contributed by atoms with Crippen molar-refractivity contribution in [1.29, 1.82) is 0 Å². The van der Waals surface area contributed by atoms with Crippen LogP contribution in [0.3, 0.4) is 0 Å². The fraction of sp³-hybridized carbons (Fsp3) is 0.318. The molecule has 152 valence electrons. The van der Waals surface area contributed by atoms with Crippen LogP contribution in [0.2, 0.25) is 0 Å². The zero-order valence-electron chi connectivity index (χ0n) is 16.2. The van der Waals surface area contributed by atoms with E-state index in [4.69, 9.17) is 9.84 Å². The van der Waals surface area contributed by atoms with Crippen molar-refractivity contribution in [3.05, 3.63) is 51.6 Å². The first-order chi connectivity index (χ1) is 13.8. The molecule has 1 aliphatic rings. The molecule has 1 aliphatic carbocycles. The third kappa shape index (κ3) is 3.38. The summed E-state index contributed by atoms with van der Waals surface area (Å²) < 4.78 is 5.23. The molecular weight excluding hydrogens is 376 g/mol.